The average molecular weight is 329 g/mol. The summed E-state index contributed by atoms with van der Waals surface area (Å²) in [5.74, 6) is -1.36. The van der Waals surface area contributed by atoms with Gasteiger partial charge in [0, 0.05) is 12.3 Å². The number of hydrogen-bond donors (Lipinski definition) is 1. The summed E-state index contributed by atoms with van der Waals surface area (Å²) in [5.41, 5.74) is 6.91. The SMILES string of the molecule is Cc1c(N)cn(Cc2cc(F)cc(F)c2)c(=O)c1Br. The molecule has 0 saturated heterocycles. The highest BCUT2D eigenvalue weighted by molar-refractivity contribution is 9.10. The fourth-order valence-corrected chi connectivity index (χ4v) is 2.21. The zero-order valence-electron chi connectivity index (χ0n) is 10.1. The van der Waals surface area contributed by atoms with Crippen LogP contribution >= 0.6 is 15.9 Å². The van der Waals surface area contributed by atoms with Gasteiger partial charge in [-0.2, -0.15) is 0 Å². The molecule has 100 valence electrons. The average Bonchev–Trinajstić information content (AvgIpc) is 2.32. The second-order valence-electron chi connectivity index (χ2n) is 4.23. The number of nitrogens with zero attached hydrogens (tertiary/aromatic N) is 1. The number of pyridine rings is 1. The number of anilines is 1. The number of aromatic nitrogens is 1. The molecule has 1 aromatic heterocycles. The van der Waals surface area contributed by atoms with Crippen LogP contribution in [0, 0.1) is 18.6 Å². The summed E-state index contributed by atoms with van der Waals surface area (Å²) in [6, 6.07) is 3.14. The molecule has 0 saturated carbocycles. The van der Waals surface area contributed by atoms with E-state index in [0.717, 1.165) is 6.07 Å². The topological polar surface area (TPSA) is 48.0 Å². The molecule has 6 heteroatoms. The summed E-state index contributed by atoms with van der Waals surface area (Å²) in [4.78, 5) is 12.0. The molecule has 19 heavy (non-hydrogen) atoms. The molecule has 2 N–H and O–H groups in total. The van der Waals surface area contributed by atoms with Crippen molar-refractivity contribution in [2.24, 2.45) is 0 Å². The van der Waals surface area contributed by atoms with E-state index in [1.807, 2.05) is 0 Å². The Bertz CT molecular complexity index is 678. The first-order chi connectivity index (χ1) is 8.88. The molecule has 0 radical (unpaired) electrons. The summed E-state index contributed by atoms with van der Waals surface area (Å²) in [7, 11) is 0. The van der Waals surface area contributed by atoms with Gasteiger partial charge in [-0.15, -0.1) is 0 Å². The van der Waals surface area contributed by atoms with Crippen LogP contribution < -0.4 is 11.3 Å². The standard InChI is InChI=1S/C13H11BrF2N2O/c1-7-11(17)6-18(13(19)12(7)14)5-8-2-9(15)4-10(16)3-8/h2-4,6H,5,17H2,1H3. The summed E-state index contributed by atoms with van der Waals surface area (Å²) in [5, 5.41) is 0. The number of nitrogens with two attached hydrogens (primary N) is 1. The normalized spacial score (nSPS) is 10.7. The fraction of sp³-hybridized carbons (Fsp3) is 0.154. The Kier molecular flexibility index (Phi) is 3.71. The Hall–Kier alpha value is -1.69. The molecule has 3 nitrogen and oxygen atoms in total. The van der Waals surface area contributed by atoms with Gasteiger partial charge in [-0.05, 0) is 46.1 Å². The maximum absolute atomic E-state index is 13.1. The molecule has 0 aliphatic carbocycles. The zero-order chi connectivity index (χ0) is 14.2. The minimum Gasteiger partial charge on any atom is -0.397 e. The smallest absolute Gasteiger partial charge is 0.265 e. The zero-order valence-corrected chi connectivity index (χ0v) is 11.7. The summed E-state index contributed by atoms with van der Waals surface area (Å²) >= 11 is 3.16. The Morgan fingerprint density at radius 2 is 1.84 bits per heavy atom. The van der Waals surface area contributed by atoms with Gasteiger partial charge in [-0.1, -0.05) is 0 Å². The first-order valence-electron chi connectivity index (χ1n) is 5.48. The molecule has 0 spiro atoms. The minimum atomic E-state index is -0.679. The summed E-state index contributed by atoms with van der Waals surface area (Å²) in [6.45, 7) is 1.77. The minimum absolute atomic E-state index is 0.0522. The Morgan fingerprint density at radius 3 is 2.42 bits per heavy atom. The van der Waals surface area contributed by atoms with Crippen molar-refractivity contribution in [1.82, 2.24) is 4.57 Å². The largest absolute Gasteiger partial charge is 0.397 e. The lowest BCUT2D eigenvalue weighted by Gasteiger charge is -2.10. The lowest BCUT2D eigenvalue weighted by Crippen LogP contribution is -2.22. The molecule has 0 amide bonds. The molecular formula is C13H11BrF2N2O. The molecule has 0 unspecified atom stereocenters. The van der Waals surface area contributed by atoms with Gasteiger partial charge in [0.1, 0.15) is 11.6 Å². The summed E-state index contributed by atoms with van der Waals surface area (Å²) < 4.78 is 27.8. The van der Waals surface area contributed by atoms with Crippen LogP contribution in [0.3, 0.4) is 0 Å². The molecule has 0 aliphatic rings. The Balaban J connectivity index is 2.47. The van der Waals surface area contributed by atoms with Crippen molar-refractivity contribution in [3.8, 4) is 0 Å². The van der Waals surface area contributed by atoms with Gasteiger partial charge in [0.25, 0.3) is 5.56 Å². The van der Waals surface area contributed by atoms with Crippen LogP contribution in [0.1, 0.15) is 11.1 Å². The van der Waals surface area contributed by atoms with E-state index in [0.29, 0.717) is 21.3 Å². The first kappa shape index (κ1) is 13.7. The van der Waals surface area contributed by atoms with Crippen molar-refractivity contribution in [2.75, 3.05) is 5.73 Å². The maximum atomic E-state index is 13.1. The number of halogens is 3. The maximum Gasteiger partial charge on any atom is 0.265 e. The highest BCUT2D eigenvalue weighted by atomic mass is 79.9. The van der Waals surface area contributed by atoms with Crippen molar-refractivity contribution in [3.05, 3.63) is 62.0 Å². The molecule has 1 aromatic carbocycles. The number of rotatable bonds is 2. The summed E-state index contributed by atoms with van der Waals surface area (Å²) in [6.07, 6.45) is 1.46. The van der Waals surface area contributed by atoms with Crippen molar-refractivity contribution >= 4 is 21.6 Å². The molecule has 2 rings (SSSR count). The van der Waals surface area contributed by atoms with Gasteiger partial charge in [0.05, 0.1) is 16.7 Å². The van der Waals surface area contributed by atoms with Gasteiger partial charge in [-0.25, -0.2) is 8.78 Å². The highest BCUT2D eigenvalue weighted by Crippen LogP contribution is 2.18. The molecule has 0 aliphatic heterocycles. The van der Waals surface area contributed by atoms with E-state index in [9.17, 15) is 13.6 Å². The third-order valence-electron chi connectivity index (χ3n) is 2.78. The van der Waals surface area contributed by atoms with E-state index in [4.69, 9.17) is 5.73 Å². The van der Waals surface area contributed by atoms with Gasteiger partial charge in [-0.3, -0.25) is 4.79 Å². The molecule has 0 fully saturated rings. The quantitative estimate of drug-likeness (QED) is 0.921. The van der Waals surface area contributed by atoms with E-state index >= 15 is 0 Å². The van der Waals surface area contributed by atoms with Crippen molar-refractivity contribution in [1.29, 1.82) is 0 Å². The van der Waals surface area contributed by atoms with Crippen molar-refractivity contribution < 1.29 is 8.78 Å². The monoisotopic (exact) mass is 328 g/mol. The van der Waals surface area contributed by atoms with Gasteiger partial charge >= 0.3 is 0 Å². The molecule has 0 atom stereocenters. The molecule has 1 heterocycles. The second-order valence-corrected chi connectivity index (χ2v) is 5.03. The van der Waals surface area contributed by atoms with E-state index in [1.54, 1.807) is 6.92 Å². The predicted molar refractivity (Wildman–Crippen MR) is 73.0 cm³/mol. The number of nitrogen functional groups attached to an aromatic ring is 1. The van der Waals surface area contributed by atoms with Crippen molar-refractivity contribution in [3.63, 3.8) is 0 Å². The van der Waals surface area contributed by atoms with Crippen LogP contribution in [0.2, 0.25) is 0 Å². The molecule has 0 bridgehead atoms. The van der Waals surface area contributed by atoms with E-state index in [2.05, 4.69) is 15.9 Å². The fourth-order valence-electron chi connectivity index (χ4n) is 1.75. The van der Waals surface area contributed by atoms with Gasteiger partial charge in [0.2, 0.25) is 0 Å². The van der Waals surface area contributed by atoms with Crippen LogP contribution in [0.5, 0.6) is 0 Å². The van der Waals surface area contributed by atoms with Crippen molar-refractivity contribution in [2.45, 2.75) is 13.5 Å². The van der Waals surface area contributed by atoms with Crippen LogP contribution in [-0.2, 0) is 6.54 Å². The van der Waals surface area contributed by atoms with Crippen LogP contribution in [0.15, 0.2) is 33.7 Å². The third kappa shape index (κ3) is 2.84. The lowest BCUT2D eigenvalue weighted by molar-refractivity contribution is 0.577. The Labute approximate surface area is 116 Å². The van der Waals surface area contributed by atoms with Crippen LogP contribution in [0.25, 0.3) is 0 Å². The van der Waals surface area contributed by atoms with E-state index in [-0.39, 0.29) is 12.1 Å². The predicted octanol–water partition coefficient (Wildman–Crippen LogP) is 2.83. The second kappa shape index (κ2) is 5.13. The molecule has 2 aromatic rings. The third-order valence-corrected chi connectivity index (χ3v) is 3.71. The number of hydrogen-bond acceptors (Lipinski definition) is 2. The van der Waals surface area contributed by atoms with Crippen LogP contribution in [-0.4, -0.2) is 4.57 Å². The Morgan fingerprint density at radius 1 is 1.26 bits per heavy atom. The van der Waals surface area contributed by atoms with E-state index < -0.39 is 11.6 Å². The van der Waals surface area contributed by atoms with E-state index in [1.165, 1.54) is 22.9 Å². The van der Waals surface area contributed by atoms with Gasteiger partial charge in [0.15, 0.2) is 0 Å². The highest BCUT2D eigenvalue weighted by Gasteiger charge is 2.09. The van der Waals surface area contributed by atoms with Crippen LogP contribution in [0.4, 0.5) is 14.5 Å². The first-order valence-corrected chi connectivity index (χ1v) is 6.28. The lowest BCUT2D eigenvalue weighted by atomic mass is 10.2. The number of benzene rings is 1. The molecular weight excluding hydrogens is 318 g/mol. The van der Waals surface area contributed by atoms with Gasteiger partial charge < -0.3 is 10.3 Å².